The standard InChI is InChI=1S/C12H6Cl4O2/c13-6-3-9(15)12(10(16)4-6)18-11-2-1-7(17)5-8(11)14/h1-5,17H. The first-order chi connectivity index (χ1) is 8.47. The summed E-state index contributed by atoms with van der Waals surface area (Å²) in [6, 6.07) is 7.34. The van der Waals surface area contributed by atoms with Gasteiger partial charge in [-0.1, -0.05) is 46.4 Å². The van der Waals surface area contributed by atoms with Crippen molar-refractivity contribution in [2.24, 2.45) is 0 Å². The summed E-state index contributed by atoms with van der Waals surface area (Å²) in [5, 5.41) is 10.4. The van der Waals surface area contributed by atoms with Crippen molar-refractivity contribution in [3.63, 3.8) is 0 Å². The normalized spacial score (nSPS) is 10.4. The van der Waals surface area contributed by atoms with Crippen molar-refractivity contribution in [2.75, 3.05) is 0 Å². The molecule has 2 rings (SSSR count). The molecule has 0 aliphatic carbocycles. The first-order valence-corrected chi connectivity index (χ1v) is 6.29. The van der Waals surface area contributed by atoms with Gasteiger partial charge in [-0.05, 0) is 24.3 Å². The predicted molar refractivity (Wildman–Crippen MR) is 74.7 cm³/mol. The molecule has 0 bridgehead atoms. The van der Waals surface area contributed by atoms with E-state index < -0.39 is 0 Å². The van der Waals surface area contributed by atoms with E-state index >= 15 is 0 Å². The van der Waals surface area contributed by atoms with Crippen molar-refractivity contribution in [3.8, 4) is 17.2 Å². The van der Waals surface area contributed by atoms with Gasteiger partial charge in [0.25, 0.3) is 0 Å². The molecule has 0 atom stereocenters. The highest BCUT2D eigenvalue weighted by molar-refractivity contribution is 6.40. The van der Waals surface area contributed by atoms with Gasteiger partial charge in [-0.15, -0.1) is 0 Å². The zero-order valence-corrected chi connectivity index (χ0v) is 11.8. The molecule has 0 saturated heterocycles. The first kappa shape index (κ1) is 13.6. The maximum atomic E-state index is 9.24. The smallest absolute Gasteiger partial charge is 0.164 e. The van der Waals surface area contributed by atoms with Crippen LogP contribution in [0.25, 0.3) is 0 Å². The van der Waals surface area contributed by atoms with Crippen molar-refractivity contribution in [1.82, 2.24) is 0 Å². The summed E-state index contributed by atoms with van der Waals surface area (Å²) in [5.41, 5.74) is 0. The number of hydrogen-bond acceptors (Lipinski definition) is 2. The average Bonchev–Trinajstić information content (AvgIpc) is 2.25. The van der Waals surface area contributed by atoms with Gasteiger partial charge in [0.05, 0.1) is 15.1 Å². The Morgan fingerprint density at radius 1 is 0.833 bits per heavy atom. The molecular weight excluding hydrogens is 318 g/mol. The Balaban J connectivity index is 2.40. The zero-order chi connectivity index (χ0) is 13.3. The van der Waals surface area contributed by atoms with Crippen LogP contribution in [-0.4, -0.2) is 5.11 Å². The van der Waals surface area contributed by atoms with E-state index in [0.29, 0.717) is 10.8 Å². The van der Waals surface area contributed by atoms with Crippen molar-refractivity contribution in [2.45, 2.75) is 0 Å². The van der Waals surface area contributed by atoms with E-state index in [4.69, 9.17) is 51.1 Å². The number of aromatic hydroxyl groups is 1. The highest BCUT2D eigenvalue weighted by Gasteiger charge is 2.12. The Hall–Kier alpha value is -0.800. The molecule has 6 heteroatoms. The molecule has 0 saturated carbocycles. The summed E-state index contributed by atoms with van der Waals surface area (Å²) in [6.07, 6.45) is 0. The van der Waals surface area contributed by atoms with Crippen LogP contribution >= 0.6 is 46.4 Å². The monoisotopic (exact) mass is 322 g/mol. The third kappa shape index (κ3) is 2.96. The van der Waals surface area contributed by atoms with Gasteiger partial charge in [0.2, 0.25) is 0 Å². The Bertz CT molecular complexity index is 576. The van der Waals surface area contributed by atoms with Crippen molar-refractivity contribution >= 4 is 46.4 Å². The lowest BCUT2D eigenvalue weighted by atomic mass is 10.3. The second-order valence-electron chi connectivity index (χ2n) is 3.42. The van der Waals surface area contributed by atoms with Gasteiger partial charge in [0.15, 0.2) is 5.75 Å². The number of rotatable bonds is 2. The molecule has 0 heterocycles. The lowest BCUT2D eigenvalue weighted by Gasteiger charge is -2.11. The minimum atomic E-state index is 0.0423. The second kappa shape index (κ2) is 5.45. The number of ether oxygens (including phenoxy) is 1. The Morgan fingerprint density at radius 2 is 1.44 bits per heavy atom. The van der Waals surface area contributed by atoms with Crippen LogP contribution in [0.3, 0.4) is 0 Å². The van der Waals surface area contributed by atoms with Crippen LogP contribution in [0.1, 0.15) is 0 Å². The number of halogens is 4. The van der Waals surface area contributed by atoms with E-state index in [1.165, 1.54) is 30.3 Å². The van der Waals surface area contributed by atoms with Gasteiger partial charge >= 0.3 is 0 Å². The molecule has 0 aliphatic heterocycles. The van der Waals surface area contributed by atoms with Gasteiger partial charge in [-0.2, -0.15) is 0 Å². The molecular formula is C12H6Cl4O2. The third-order valence-corrected chi connectivity index (χ3v) is 3.17. The summed E-state index contributed by atoms with van der Waals surface area (Å²) in [6.45, 7) is 0. The molecule has 2 aromatic rings. The molecule has 94 valence electrons. The molecule has 1 N–H and O–H groups in total. The van der Waals surface area contributed by atoms with Crippen molar-refractivity contribution in [3.05, 3.63) is 50.4 Å². The highest BCUT2D eigenvalue weighted by Crippen LogP contribution is 2.40. The Kier molecular flexibility index (Phi) is 4.13. The van der Waals surface area contributed by atoms with Gasteiger partial charge in [0, 0.05) is 11.1 Å². The van der Waals surface area contributed by atoms with E-state index in [9.17, 15) is 5.11 Å². The summed E-state index contributed by atoms with van der Waals surface area (Å²) < 4.78 is 5.52. The molecule has 0 aromatic heterocycles. The van der Waals surface area contributed by atoms with E-state index in [2.05, 4.69) is 0 Å². The van der Waals surface area contributed by atoms with Gasteiger partial charge in [-0.3, -0.25) is 0 Å². The summed E-state index contributed by atoms with van der Waals surface area (Å²) in [7, 11) is 0. The maximum Gasteiger partial charge on any atom is 0.164 e. The molecule has 18 heavy (non-hydrogen) atoms. The Labute approximate surface area is 124 Å². The third-order valence-electron chi connectivity index (χ3n) is 2.09. The topological polar surface area (TPSA) is 29.5 Å². The van der Waals surface area contributed by atoms with E-state index in [-0.39, 0.29) is 26.6 Å². The number of benzene rings is 2. The predicted octanol–water partition coefficient (Wildman–Crippen LogP) is 5.80. The van der Waals surface area contributed by atoms with Crippen LogP contribution in [0.5, 0.6) is 17.2 Å². The number of phenols is 1. The van der Waals surface area contributed by atoms with Crippen LogP contribution in [-0.2, 0) is 0 Å². The largest absolute Gasteiger partial charge is 0.508 e. The maximum absolute atomic E-state index is 9.24. The number of phenolic OH excluding ortho intramolecular Hbond substituents is 1. The minimum Gasteiger partial charge on any atom is -0.508 e. The highest BCUT2D eigenvalue weighted by atomic mass is 35.5. The molecule has 0 spiro atoms. The van der Waals surface area contributed by atoms with Crippen LogP contribution in [0.4, 0.5) is 0 Å². The molecule has 0 unspecified atom stereocenters. The van der Waals surface area contributed by atoms with Gasteiger partial charge < -0.3 is 9.84 Å². The molecule has 0 aliphatic rings. The van der Waals surface area contributed by atoms with E-state index in [0.717, 1.165) is 0 Å². The number of hydrogen-bond donors (Lipinski definition) is 1. The minimum absolute atomic E-state index is 0.0423. The van der Waals surface area contributed by atoms with E-state index in [1.54, 1.807) is 0 Å². The summed E-state index contributed by atoms with van der Waals surface area (Å²) >= 11 is 23.7. The quantitative estimate of drug-likeness (QED) is 0.757. The van der Waals surface area contributed by atoms with Crippen molar-refractivity contribution in [1.29, 1.82) is 0 Å². The van der Waals surface area contributed by atoms with Gasteiger partial charge in [0.1, 0.15) is 11.5 Å². The first-order valence-electron chi connectivity index (χ1n) is 4.78. The van der Waals surface area contributed by atoms with Crippen LogP contribution < -0.4 is 4.74 Å². The SMILES string of the molecule is Oc1ccc(Oc2c(Cl)cc(Cl)cc2Cl)c(Cl)c1. The molecule has 0 amide bonds. The average molecular weight is 324 g/mol. The van der Waals surface area contributed by atoms with Crippen LogP contribution in [0.2, 0.25) is 20.1 Å². The molecule has 2 nitrogen and oxygen atoms in total. The fourth-order valence-corrected chi connectivity index (χ4v) is 2.42. The van der Waals surface area contributed by atoms with Crippen molar-refractivity contribution < 1.29 is 9.84 Å². The molecule has 0 radical (unpaired) electrons. The zero-order valence-electron chi connectivity index (χ0n) is 8.75. The second-order valence-corrected chi connectivity index (χ2v) is 5.07. The summed E-state index contributed by atoms with van der Waals surface area (Å²) in [5.74, 6) is 0.636. The van der Waals surface area contributed by atoms with Gasteiger partial charge in [-0.25, -0.2) is 0 Å². The Morgan fingerprint density at radius 3 is 2.00 bits per heavy atom. The summed E-state index contributed by atoms with van der Waals surface area (Å²) in [4.78, 5) is 0. The fourth-order valence-electron chi connectivity index (χ4n) is 1.31. The molecule has 2 aromatic carbocycles. The molecule has 0 fully saturated rings. The fraction of sp³-hybridized carbons (Fsp3) is 0. The lowest BCUT2D eigenvalue weighted by Crippen LogP contribution is -1.88. The van der Waals surface area contributed by atoms with E-state index in [1.807, 2.05) is 0 Å². The lowest BCUT2D eigenvalue weighted by molar-refractivity contribution is 0.465. The van der Waals surface area contributed by atoms with Crippen LogP contribution in [0.15, 0.2) is 30.3 Å². The van der Waals surface area contributed by atoms with Crippen LogP contribution in [0, 0.1) is 0 Å².